The lowest BCUT2D eigenvalue weighted by atomic mass is 9.87. The number of benzene rings is 1. The zero-order valence-corrected chi connectivity index (χ0v) is 11.5. The number of aryl methyl sites for hydroxylation is 1. The van der Waals surface area contributed by atoms with Crippen molar-refractivity contribution >= 4 is 10.8 Å². The van der Waals surface area contributed by atoms with Gasteiger partial charge in [0.25, 0.3) is 0 Å². The van der Waals surface area contributed by atoms with Crippen LogP contribution in [0.5, 0.6) is 5.75 Å². The van der Waals surface area contributed by atoms with E-state index in [0.717, 1.165) is 37.3 Å². The number of ether oxygens (including phenoxy) is 1. The summed E-state index contributed by atoms with van der Waals surface area (Å²) in [5, 5.41) is 3.84. The van der Waals surface area contributed by atoms with E-state index in [1.54, 1.807) is 7.11 Å². The van der Waals surface area contributed by atoms with Crippen LogP contribution in [-0.4, -0.2) is 28.9 Å². The van der Waals surface area contributed by atoms with E-state index in [2.05, 4.69) is 17.4 Å². The van der Waals surface area contributed by atoms with Gasteiger partial charge in [-0.3, -0.25) is 4.21 Å². The molecule has 0 radical (unpaired) electrons. The highest BCUT2D eigenvalue weighted by Gasteiger charge is 2.34. The molecule has 18 heavy (non-hydrogen) atoms. The minimum Gasteiger partial charge on any atom is -0.497 e. The second kappa shape index (κ2) is 5.02. The molecule has 4 heteroatoms. The molecule has 3 atom stereocenters. The number of fused-ring (bicyclic) bond motifs is 3. The molecule has 1 saturated heterocycles. The highest BCUT2D eigenvalue weighted by atomic mass is 32.2. The molecule has 1 N–H and O–H groups in total. The Morgan fingerprint density at radius 2 is 2.33 bits per heavy atom. The van der Waals surface area contributed by atoms with Crippen LogP contribution in [0.2, 0.25) is 0 Å². The molecule has 3 unspecified atom stereocenters. The Hall–Kier alpha value is -0.870. The van der Waals surface area contributed by atoms with Crippen molar-refractivity contribution in [3.63, 3.8) is 0 Å². The van der Waals surface area contributed by atoms with Crippen LogP contribution in [0.4, 0.5) is 0 Å². The van der Waals surface area contributed by atoms with Gasteiger partial charge in [-0.2, -0.15) is 0 Å². The summed E-state index contributed by atoms with van der Waals surface area (Å²) in [4.78, 5) is 0. The second-order valence-electron chi connectivity index (χ2n) is 5.01. The first kappa shape index (κ1) is 12.2. The SMILES string of the molecule is COc1ccc2c(c1)C1NCCCS(=O)C1CC2. The lowest BCUT2D eigenvalue weighted by molar-refractivity contribution is 0.410. The van der Waals surface area contributed by atoms with E-state index in [1.165, 1.54) is 11.1 Å². The zero-order chi connectivity index (χ0) is 12.5. The molecule has 2 aliphatic rings. The van der Waals surface area contributed by atoms with Crippen molar-refractivity contribution in [2.24, 2.45) is 0 Å². The Balaban J connectivity index is 2.01. The number of nitrogens with one attached hydrogen (secondary N) is 1. The van der Waals surface area contributed by atoms with Crippen LogP contribution in [0.25, 0.3) is 0 Å². The van der Waals surface area contributed by atoms with Crippen molar-refractivity contribution < 1.29 is 8.95 Å². The number of hydrogen-bond donors (Lipinski definition) is 1. The Bertz CT molecular complexity index is 475. The lowest BCUT2D eigenvalue weighted by Gasteiger charge is -2.32. The van der Waals surface area contributed by atoms with E-state index in [0.29, 0.717) is 0 Å². The van der Waals surface area contributed by atoms with Crippen LogP contribution in [0.15, 0.2) is 18.2 Å². The predicted molar refractivity (Wildman–Crippen MR) is 73.5 cm³/mol. The van der Waals surface area contributed by atoms with Crippen LogP contribution in [0.1, 0.15) is 30.0 Å². The number of hydrogen-bond acceptors (Lipinski definition) is 3. The zero-order valence-electron chi connectivity index (χ0n) is 10.6. The first-order chi connectivity index (χ1) is 8.79. The van der Waals surface area contributed by atoms with Crippen molar-refractivity contribution in [2.45, 2.75) is 30.6 Å². The molecule has 3 rings (SSSR count). The quantitative estimate of drug-likeness (QED) is 0.841. The van der Waals surface area contributed by atoms with Gasteiger partial charge in [-0.25, -0.2) is 0 Å². The molecular formula is C14H19NO2S. The van der Waals surface area contributed by atoms with Crippen molar-refractivity contribution in [1.82, 2.24) is 5.32 Å². The van der Waals surface area contributed by atoms with Gasteiger partial charge in [0.2, 0.25) is 0 Å². The van der Waals surface area contributed by atoms with E-state index >= 15 is 0 Å². The first-order valence-electron chi connectivity index (χ1n) is 6.57. The van der Waals surface area contributed by atoms with Crippen LogP contribution in [0, 0.1) is 0 Å². The minimum atomic E-state index is -0.693. The summed E-state index contributed by atoms with van der Waals surface area (Å²) in [6.45, 7) is 0.962. The fraction of sp³-hybridized carbons (Fsp3) is 0.571. The summed E-state index contributed by atoms with van der Waals surface area (Å²) >= 11 is 0. The van der Waals surface area contributed by atoms with Gasteiger partial charge in [-0.1, -0.05) is 6.07 Å². The summed E-state index contributed by atoms with van der Waals surface area (Å²) in [6.07, 6.45) is 3.08. The average Bonchev–Trinajstić information content (AvgIpc) is 2.60. The van der Waals surface area contributed by atoms with Gasteiger partial charge in [0, 0.05) is 22.6 Å². The fourth-order valence-electron chi connectivity index (χ4n) is 3.03. The highest BCUT2D eigenvalue weighted by molar-refractivity contribution is 7.85. The summed E-state index contributed by atoms with van der Waals surface area (Å²) in [6, 6.07) is 6.53. The molecular weight excluding hydrogens is 246 g/mol. The van der Waals surface area contributed by atoms with E-state index < -0.39 is 10.8 Å². The summed E-state index contributed by atoms with van der Waals surface area (Å²) in [5.41, 5.74) is 2.67. The summed E-state index contributed by atoms with van der Waals surface area (Å²) in [5.74, 6) is 1.74. The third-order valence-corrected chi connectivity index (χ3v) is 5.86. The molecule has 0 aromatic heterocycles. The number of methoxy groups -OCH3 is 1. The van der Waals surface area contributed by atoms with E-state index in [-0.39, 0.29) is 11.3 Å². The van der Waals surface area contributed by atoms with Gasteiger partial charge >= 0.3 is 0 Å². The molecule has 0 bridgehead atoms. The van der Waals surface area contributed by atoms with Gasteiger partial charge < -0.3 is 10.1 Å². The Morgan fingerprint density at radius 3 is 3.17 bits per heavy atom. The molecule has 1 heterocycles. The molecule has 98 valence electrons. The molecule has 0 saturated carbocycles. The van der Waals surface area contributed by atoms with Gasteiger partial charge in [0.1, 0.15) is 5.75 Å². The summed E-state index contributed by atoms with van der Waals surface area (Å²) < 4.78 is 17.6. The van der Waals surface area contributed by atoms with E-state index in [1.807, 2.05) is 6.07 Å². The molecule has 1 aliphatic heterocycles. The molecule has 1 aromatic carbocycles. The van der Waals surface area contributed by atoms with Crippen LogP contribution >= 0.6 is 0 Å². The largest absolute Gasteiger partial charge is 0.497 e. The van der Waals surface area contributed by atoms with E-state index in [9.17, 15) is 4.21 Å². The maximum atomic E-state index is 12.3. The normalized spacial score (nSPS) is 31.1. The standard InChI is InChI=1S/C14H19NO2S/c1-17-11-5-3-10-4-6-13-14(12(10)9-11)15-7-2-8-18(13)16/h3,5,9,13-15H,2,4,6-8H2,1H3. The Labute approximate surface area is 110 Å². The van der Waals surface area contributed by atoms with Gasteiger partial charge in [0.05, 0.1) is 12.4 Å². The van der Waals surface area contributed by atoms with Crippen LogP contribution in [-0.2, 0) is 17.2 Å². The average molecular weight is 265 g/mol. The molecule has 0 spiro atoms. The molecule has 1 aliphatic carbocycles. The second-order valence-corrected chi connectivity index (χ2v) is 6.79. The first-order valence-corrected chi connectivity index (χ1v) is 7.95. The van der Waals surface area contributed by atoms with Gasteiger partial charge in [-0.15, -0.1) is 0 Å². The molecule has 1 aromatic rings. The van der Waals surface area contributed by atoms with Crippen LogP contribution in [0.3, 0.4) is 0 Å². The van der Waals surface area contributed by atoms with Crippen molar-refractivity contribution in [3.05, 3.63) is 29.3 Å². The smallest absolute Gasteiger partial charge is 0.119 e. The van der Waals surface area contributed by atoms with Crippen LogP contribution < -0.4 is 10.1 Å². The van der Waals surface area contributed by atoms with Gasteiger partial charge in [-0.05, 0) is 49.1 Å². The minimum absolute atomic E-state index is 0.243. The monoisotopic (exact) mass is 265 g/mol. The predicted octanol–water partition coefficient (Wildman–Crippen LogP) is 1.79. The molecule has 0 amide bonds. The third kappa shape index (κ3) is 2.08. The van der Waals surface area contributed by atoms with Crippen molar-refractivity contribution in [1.29, 1.82) is 0 Å². The lowest BCUT2D eigenvalue weighted by Crippen LogP contribution is -2.36. The van der Waals surface area contributed by atoms with Gasteiger partial charge in [0.15, 0.2) is 0 Å². The highest BCUT2D eigenvalue weighted by Crippen LogP contribution is 2.36. The number of rotatable bonds is 1. The fourth-order valence-corrected chi connectivity index (χ4v) is 4.69. The summed E-state index contributed by atoms with van der Waals surface area (Å²) in [7, 11) is 1.00. The molecule has 3 nitrogen and oxygen atoms in total. The Kier molecular flexibility index (Phi) is 3.39. The van der Waals surface area contributed by atoms with E-state index in [4.69, 9.17) is 4.74 Å². The van der Waals surface area contributed by atoms with Crippen molar-refractivity contribution in [2.75, 3.05) is 19.4 Å². The maximum Gasteiger partial charge on any atom is 0.119 e. The third-order valence-electron chi connectivity index (χ3n) is 3.98. The Morgan fingerprint density at radius 1 is 1.44 bits per heavy atom. The van der Waals surface area contributed by atoms with Crippen molar-refractivity contribution in [3.8, 4) is 5.75 Å². The topological polar surface area (TPSA) is 38.3 Å². The molecule has 1 fully saturated rings. The maximum absolute atomic E-state index is 12.3.